The first-order valence-electron chi connectivity index (χ1n) is 13.1. The molecule has 0 amide bonds. The summed E-state index contributed by atoms with van der Waals surface area (Å²) < 4.78 is 0. The molecule has 0 aliphatic rings. The van der Waals surface area contributed by atoms with Gasteiger partial charge in [0.2, 0.25) is 0 Å². The molecule has 6 rings (SSSR count). The van der Waals surface area contributed by atoms with Gasteiger partial charge in [-0.2, -0.15) is 0 Å². The molecule has 0 saturated heterocycles. The van der Waals surface area contributed by atoms with Gasteiger partial charge in [-0.3, -0.25) is 0 Å². The zero-order valence-electron chi connectivity index (χ0n) is 21.5. The topological polar surface area (TPSA) is 41.3 Å². The summed E-state index contributed by atoms with van der Waals surface area (Å²) in [5.74, 6) is 0. The predicted molar refractivity (Wildman–Crippen MR) is 166 cm³/mol. The Balaban J connectivity index is 1.34. The van der Waals surface area contributed by atoms with Crippen molar-refractivity contribution in [3.63, 3.8) is 0 Å². The van der Waals surface area contributed by atoms with Crippen molar-refractivity contribution in [1.82, 2.24) is 0 Å². The Morgan fingerprint density at radius 3 is 1.10 bits per heavy atom. The summed E-state index contributed by atoms with van der Waals surface area (Å²) in [6.07, 6.45) is 0. The lowest BCUT2D eigenvalue weighted by molar-refractivity contribution is 1.28. The molecule has 39 heavy (non-hydrogen) atoms. The van der Waals surface area contributed by atoms with Gasteiger partial charge in [0.05, 0.1) is 0 Å². The number of hydrogen-bond donors (Lipinski definition) is 2. The Hall–Kier alpha value is -5.28. The molecular weight excluding hydrogens is 474 g/mol. The monoisotopic (exact) mass is 503 g/mol. The molecule has 188 valence electrons. The molecule has 0 heterocycles. The lowest BCUT2D eigenvalue weighted by atomic mass is 10.0. The van der Waals surface area contributed by atoms with Crippen LogP contribution in [-0.2, 0) is 0 Å². The van der Waals surface area contributed by atoms with Gasteiger partial charge in [-0.05, 0) is 95.1 Å². The van der Waals surface area contributed by atoms with Gasteiger partial charge < -0.3 is 16.0 Å². The van der Waals surface area contributed by atoms with Crippen LogP contribution in [-0.4, -0.2) is 0 Å². The van der Waals surface area contributed by atoms with Crippen molar-refractivity contribution in [3.8, 4) is 22.3 Å². The molecule has 0 bridgehead atoms. The van der Waals surface area contributed by atoms with Gasteiger partial charge in [0.1, 0.15) is 0 Å². The fourth-order valence-corrected chi connectivity index (χ4v) is 4.74. The normalized spacial score (nSPS) is 10.7. The number of rotatable bonds is 7. The SMILES string of the molecule is Nc1ccc(Nc2ccc(N(c3ccc(-c4ccccc4)cc3)c3ccc(-c4ccccc4)cc3)cc2)cc1. The van der Waals surface area contributed by atoms with Crippen LogP contribution in [0.1, 0.15) is 0 Å². The lowest BCUT2D eigenvalue weighted by Gasteiger charge is -2.26. The minimum atomic E-state index is 0.753. The predicted octanol–water partition coefficient (Wildman–Crippen LogP) is 9.82. The lowest BCUT2D eigenvalue weighted by Crippen LogP contribution is -2.10. The Morgan fingerprint density at radius 2 is 0.692 bits per heavy atom. The summed E-state index contributed by atoms with van der Waals surface area (Å²) in [5, 5.41) is 3.45. The summed E-state index contributed by atoms with van der Waals surface area (Å²) in [7, 11) is 0. The van der Waals surface area contributed by atoms with E-state index in [0.717, 1.165) is 34.1 Å². The Morgan fingerprint density at radius 1 is 0.359 bits per heavy atom. The van der Waals surface area contributed by atoms with Gasteiger partial charge >= 0.3 is 0 Å². The van der Waals surface area contributed by atoms with Crippen molar-refractivity contribution >= 4 is 34.1 Å². The van der Waals surface area contributed by atoms with Crippen LogP contribution >= 0.6 is 0 Å². The van der Waals surface area contributed by atoms with E-state index in [1.807, 2.05) is 36.4 Å². The van der Waals surface area contributed by atoms with Crippen molar-refractivity contribution in [2.24, 2.45) is 0 Å². The number of anilines is 6. The standard InChI is InChI=1S/C36H29N3/c37-31-15-17-32(18-16-31)38-33-19-25-36(26-20-33)39(34-21-11-29(12-22-34)27-7-3-1-4-8-27)35-23-13-30(14-24-35)28-9-5-2-6-10-28/h1-26,38H,37H2. The number of nitrogen functional groups attached to an aromatic ring is 1. The highest BCUT2D eigenvalue weighted by molar-refractivity contribution is 5.80. The summed E-state index contributed by atoms with van der Waals surface area (Å²) in [6, 6.07) is 54.7. The van der Waals surface area contributed by atoms with Gasteiger partial charge in [0.15, 0.2) is 0 Å². The number of nitrogens with zero attached hydrogens (tertiary/aromatic N) is 1. The van der Waals surface area contributed by atoms with Gasteiger partial charge in [0, 0.05) is 34.1 Å². The molecule has 0 saturated carbocycles. The maximum Gasteiger partial charge on any atom is 0.0463 e. The second-order valence-electron chi connectivity index (χ2n) is 9.46. The smallest absolute Gasteiger partial charge is 0.0463 e. The zero-order valence-corrected chi connectivity index (χ0v) is 21.5. The molecule has 3 heteroatoms. The van der Waals surface area contributed by atoms with E-state index in [1.165, 1.54) is 22.3 Å². The van der Waals surface area contributed by atoms with Crippen LogP contribution in [0.2, 0.25) is 0 Å². The molecule has 3 N–H and O–H groups in total. The highest BCUT2D eigenvalue weighted by Gasteiger charge is 2.13. The highest BCUT2D eigenvalue weighted by Crippen LogP contribution is 2.37. The first kappa shape index (κ1) is 24.1. The maximum atomic E-state index is 5.84. The highest BCUT2D eigenvalue weighted by atomic mass is 15.1. The molecule has 0 aliphatic heterocycles. The minimum absolute atomic E-state index is 0.753. The Labute approximate surface area is 229 Å². The summed E-state index contributed by atoms with van der Waals surface area (Å²) in [4.78, 5) is 2.29. The summed E-state index contributed by atoms with van der Waals surface area (Å²) in [5.41, 5.74) is 16.7. The quantitative estimate of drug-likeness (QED) is 0.213. The molecule has 6 aromatic carbocycles. The van der Waals surface area contributed by atoms with E-state index in [0.29, 0.717) is 0 Å². The van der Waals surface area contributed by atoms with E-state index >= 15 is 0 Å². The van der Waals surface area contributed by atoms with Gasteiger partial charge in [-0.1, -0.05) is 84.9 Å². The largest absolute Gasteiger partial charge is 0.399 e. The number of benzene rings is 6. The average molecular weight is 504 g/mol. The fraction of sp³-hybridized carbons (Fsp3) is 0. The Bertz CT molecular complexity index is 1540. The molecular formula is C36H29N3. The Kier molecular flexibility index (Phi) is 6.79. The van der Waals surface area contributed by atoms with Crippen molar-refractivity contribution in [2.75, 3.05) is 16.0 Å². The summed E-state index contributed by atoms with van der Waals surface area (Å²) >= 11 is 0. The summed E-state index contributed by atoms with van der Waals surface area (Å²) in [6.45, 7) is 0. The van der Waals surface area contributed by atoms with Gasteiger partial charge in [-0.15, -0.1) is 0 Å². The van der Waals surface area contributed by atoms with Crippen LogP contribution in [0.3, 0.4) is 0 Å². The molecule has 0 unspecified atom stereocenters. The minimum Gasteiger partial charge on any atom is -0.399 e. The average Bonchev–Trinajstić information content (AvgIpc) is 3.01. The first-order valence-corrected chi connectivity index (χ1v) is 13.1. The van der Waals surface area contributed by atoms with E-state index in [-0.39, 0.29) is 0 Å². The number of nitrogens with two attached hydrogens (primary N) is 1. The van der Waals surface area contributed by atoms with Crippen LogP contribution in [0.5, 0.6) is 0 Å². The van der Waals surface area contributed by atoms with Gasteiger partial charge in [0.25, 0.3) is 0 Å². The zero-order chi connectivity index (χ0) is 26.4. The van der Waals surface area contributed by atoms with Crippen LogP contribution in [0.4, 0.5) is 34.1 Å². The first-order chi connectivity index (χ1) is 19.2. The molecule has 0 aromatic heterocycles. The third-order valence-corrected chi connectivity index (χ3v) is 6.79. The molecule has 3 nitrogen and oxygen atoms in total. The van der Waals surface area contributed by atoms with Gasteiger partial charge in [-0.25, -0.2) is 0 Å². The second kappa shape index (κ2) is 11.0. The molecule has 0 spiro atoms. The fourth-order valence-electron chi connectivity index (χ4n) is 4.74. The van der Waals surface area contributed by atoms with E-state index in [1.54, 1.807) is 0 Å². The van der Waals surface area contributed by atoms with Crippen molar-refractivity contribution in [1.29, 1.82) is 0 Å². The van der Waals surface area contributed by atoms with Crippen molar-refractivity contribution < 1.29 is 0 Å². The molecule has 0 atom stereocenters. The number of hydrogen-bond acceptors (Lipinski definition) is 3. The number of nitrogens with one attached hydrogen (secondary N) is 1. The molecule has 0 radical (unpaired) electrons. The second-order valence-corrected chi connectivity index (χ2v) is 9.46. The third-order valence-electron chi connectivity index (χ3n) is 6.79. The van der Waals surface area contributed by atoms with E-state index in [2.05, 4.69) is 132 Å². The van der Waals surface area contributed by atoms with Crippen molar-refractivity contribution in [2.45, 2.75) is 0 Å². The van der Waals surface area contributed by atoms with E-state index < -0.39 is 0 Å². The van der Waals surface area contributed by atoms with E-state index in [9.17, 15) is 0 Å². The van der Waals surface area contributed by atoms with Crippen LogP contribution in [0, 0.1) is 0 Å². The van der Waals surface area contributed by atoms with Crippen LogP contribution < -0.4 is 16.0 Å². The molecule has 0 aliphatic carbocycles. The third kappa shape index (κ3) is 5.53. The van der Waals surface area contributed by atoms with Crippen molar-refractivity contribution in [3.05, 3.63) is 158 Å². The van der Waals surface area contributed by atoms with Crippen LogP contribution in [0.25, 0.3) is 22.3 Å². The van der Waals surface area contributed by atoms with Crippen LogP contribution in [0.15, 0.2) is 158 Å². The maximum absolute atomic E-state index is 5.84. The molecule has 0 fully saturated rings. The van der Waals surface area contributed by atoms with E-state index in [4.69, 9.17) is 5.73 Å². The molecule has 6 aromatic rings.